The molecule has 2 aliphatic rings. The van der Waals surface area contributed by atoms with E-state index >= 15 is 0 Å². The third-order valence-electron chi connectivity index (χ3n) is 6.26. The first-order valence-electron chi connectivity index (χ1n) is 11.6. The molecule has 0 bridgehead atoms. The monoisotopic (exact) mass is 442 g/mol. The lowest BCUT2D eigenvalue weighted by Gasteiger charge is -2.21. The van der Waals surface area contributed by atoms with Crippen LogP contribution in [0.25, 0.3) is 0 Å². The largest absolute Gasteiger partial charge is 0.465 e. The molecular formula is C26H35ClN2O2. The molecule has 168 valence electrons. The van der Waals surface area contributed by atoms with Gasteiger partial charge in [0.05, 0.1) is 0 Å². The van der Waals surface area contributed by atoms with Crippen LogP contribution in [0.15, 0.2) is 48.5 Å². The summed E-state index contributed by atoms with van der Waals surface area (Å²) in [5.41, 5.74) is 3.99. The van der Waals surface area contributed by atoms with Gasteiger partial charge in [-0.05, 0) is 79.9 Å². The van der Waals surface area contributed by atoms with Crippen LogP contribution < -0.4 is 5.32 Å². The van der Waals surface area contributed by atoms with E-state index in [1.807, 2.05) is 12.1 Å². The second-order valence-corrected chi connectivity index (χ2v) is 9.10. The van der Waals surface area contributed by atoms with Gasteiger partial charge in [0, 0.05) is 18.1 Å². The Bertz CT molecular complexity index is 780. The predicted octanol–water partition coefficient (Wildman–Crippen LogP) is 6.48. The zero-order chi connectivity index (χ0) is 21.9. The molecule has 1 saturated carbocycles. The minimum Gasteiger partial charge on any atom is -0.465 e. The van der Waals surface area contributed by atoms with Crippen molar-refractivity contribution in [1.29, 1.82) is 0 Å². The van der Waals surface area contributed by atoms with E-state index in [0.717, 1.165) is 23.9 Å². The second kappa shape index (κ2) is 12.7. The number of nitrogens with zero attached hydrogens (tertiary/aromatic N) is 1. The first kappa shape index (κ1) is 23.6. The van der Waals surface area contributed by atoms with E-state index in [1.165, 1.54) is 74.7 Å². The van der Waals surface area contributed by atoms with Crippen LogP contribution in [0, 0.1) is 0 Å². The van der Waals surface area contributed by atoms with Crippen LogP contribution in [0.3, 0.4) is 0 Å². The number of nitrogens with one attached hydrogen (secondary N) is 1. The average molecular weight is 443 g/mol. The smallest absolute Gasteiger partial charge is 0.404 e. The summed E-state index contributed by atoms with van der Waals surface area (Å²) >= 11 is 5.85. The Hall–Kier alpha value is -2.04. The molecule has 1 aliphatic heterocycles. The van der Waals surface area contributed by atoms with Crippen LogP contribution in [-0.2, 0) is 13.0 Å². The molecule has 31 heavy (non-hydrogen) atoms. The van der Waals surface area contributed by atoms with Crippen molar-refractivity contribution in [2.75, 3.05) is 19.6 Å². The maximum absolute atomic E-state index is 10.3. The van der Waals surface area contributed by atoms with Crippen molar-refractivity contribution >= 4 is 17.7 Å². The fourth-order valence-corrected chi connectivity index (χ4v) is 4.62. The highest BCUT2D eigenvalue weighted by molar-refractivity contribution is 6.30. The molecule has 0 atom stereocenters. The van der Waals surface area contributed by atoms with Gasteiger partial charge in [-0.25, -0.2) is 4.79 Å². The van der Waals surface area contributed by atoms with Gasteiger partial charge in [-0.3, -0.25) is 4.90 Å². The first-order chi connectivity index (χ1) is 15.1. The van der Waals surface area contributed by atoms with Crippen molar-refractivity contribution in [3.63, 3.8) is 0 Å². The molecule has 0 radical (unpaired) electrons. The quantitative estimate of drug-likeness (QED) is 0.538. The fraction of sp³-hybridized carbons (Fsp3) is 0.500. The topological polar surface area (TPSA) is 52.6 Å². The van der Waals surface area contributed by atoms with Gasteiger partial charge in [0.25, 0.3) is 0 Å². The van der Waals surface area contributed by atoms with Crippen molar-refractivity contribution in [1.82, 2.24) is 10.2 Å². The van der Waals surface area contributed by atoms with E-state index in [1.54, 1.807) is 0 Å². The number of carboxylic acid groups (broad SMARTS) is 1. The Balaban J connectivity index is 0.000000185. The summed E-state index contributed by atoms with van der Waals surface area (Å²) in [6.07, 6.45) is 9.36. The van der Waals surface area contributed by atoms with Crippen molar-refractivity contribution < 1.29 is 9.90 Å². The third kappa shape index (κ3) is 8.54. The molecular weight excluding hydrogens is 408 g/mol. The van der Waals surface area contributed by atoms with Crippen molar-refractivity contribution in [2.45, 2.75) is 63.8 Å². The minimum atomic E-state index is -0.958. The fourth-order valence-electron chi connectivity index (χ4n) is 4.49. The number of halogens is 1. The molecule has 1 heterocycles. The minimum absolute atomic E-state index is 0.473. The lowest BCUT2D eigenvalue weighted by Crippen LogP contribution is -2.23. The summed E-state index contributed by atoms with van der Waals surface area (Å²) in [5, 5.41) is 11.7. The van der Waals surface area contributed by atoms with E-state index in [-0.39, 0.29) is 0 Å². The summed E-state index contributed by atoms with van der Waals surface area (Å²) in [6.45, 7) is 3.93. The Kier molecular flexibility index (Phi) is 9.70. The number of amides is 1. The number of hydrogen-bond donors (Lipinski definition) is 2. The van der Waals surface area contributed by atoms with E-state index < -0.39 is 6.09 Å². The van der Waals surface area contributed by atoms with Crippen LogP contribution in [0.1, 0.15) is 67.6 Å². The number of carbonyl (C=O) groups is 1. The van der Waals surface area contributed by atoms with Gasteiger partial charge >= 0.3 is 6.09 Å². The predicted molar refractivity (Wildman–Crippen MR) is 128 cm³/mol. The van der Waals surface area contributed by atoms with E-state index in [2.05, 4.69) is 46.6 Å². The molecule has 2 aromatic carbocycles. The lowest BCUT2D eigenvalue weighted by atomic mass is 9.84. The molecule has 4 nitrogen and oxygen atoms in total. The highest BCUT2D eigenvalue weighted by Gasteiger charge is 2.14. The van der Waals surface area contributed by atoms with E-state index in [4.69, 9.17) is 16.7 Å². The first-order valence-corrected chi connectivity index (χ1v) is 12.0. The molecule has 0 spiro atoms. The highest BCUT2D eigenvalue weighted by atomic mass is 35.5. The normalized spacial score (nSPS) is 17.1. The van der Waals surface area contributed by atoms with Crippen molar-refractivity contribution in [2.24, 2.45) is 0 Å². The standard InChI is InChI=1S/C14H20N2O2.C12H15Cl/c17-14(18)15-8-7-12-3-5-13(6-4-12)11-16-9-1-2-10-16;13-12-8-6-11(7-9-12)10-4-2-1-3-5-10/h3-6,15H,1-2,7-11H2,(H,17,18);6-10H,1-5H2. The third-order valence-corrected chi connectivity index (χ3v) is 6.52. The summed E-state index contributed by atoms with van der Waals surface area (Å²) in [6, 6.07) is 16.8. The number of rotatable bonds is 6. The van der Waals surface area contributed by atoms with Crippen LogP contribution in [-0.4, -0.2) is 35.7 Å². The van der Waals surface area contributed by atoms with E-state index in [9.17, 15) is 4.79 Å². The zero-order valence-corrected chi connectivity index (χ0v) is 19.1. The summed E-state index contributed by atoms with van der Waals surface area (Å²) in [5.74, 6) is 0.797. The highest BCUT2D eigenvalue weighted by Crippen LogP contribution is 2.32. The number of hydrogen-bond acceptors (Lipinski definition) is 2. The molecule has 2 aromatic rings. The molecule has 1 saturated heterocycles. The van der Waals surface area contributed by atoms with Gasteiger partial charge < -0.3 is 10.4 Å². The zero-order valence-electron chi connectivity index (χ0n) is 18.4. The van der Waals surface area contributed by atoms with Crippen LogP contribution in [0.5, 0.6) is 0 Å². The molecule has 1 amide bonds. The molecule has 2 fully saturated rings. The van der Waals surface area contributed by atoms with Crippen molar-refractivity contribution in [3.8, 4) is 0 Å². The van der Waals surface area contributed by atoms with Gasteiger partial charge in [-0.1, -0.05) is 67.3 Å². The molecule has 0 aromatic heterocycles. The van der Waals surface area contributed by atoms with Crippen molar-refractivity contribution in [3.05, 3.63) is 70.2 Å². The van der Waals surface area contributed by atoms with Crippen LogP contribution in [0.2, 0.25) is 5.02 Å². The summed E-state index contributed by atoms with van der Waals surface area (Å²) in [4.78, 5) is 12.8. The molecule has 0 unspecified atom stereocenters. The Morgan fingerprint density at radius 1 is 0.903 bits per heavy atom. The number of likely N-dealkylation sites (tertiary alicyclic amines) is 1. The van der Waals surface area contributed by atoms with Crippen LogP contribution in [0.4, 0.5) is 4.79 Å². The summed E-state index contributed by atoms with van der Waals surface area (Å²) < 4.78 is 0. The maximum atomic E-state index is 10.3. The van der Waals surface area contributed by atoms with E-state index in [0.29, 0.717) is 6.54 Å². The molecule has 1 aliphatic carbocycles. The SMILES string of the molecule is Clc1ccc(C2CCCCC2)cc1.O=C(O)NCCc1ccc(CN2CCCC2)cc1. The van der Waals surface area contributed by atoms with Gasteiger partial charge in [-0.2, -0.15) is 0 Å². The Morgan fingerprint density at radius 2 is 1.52 bits per heavy atom. The van der Waals surface area contributed by atoms with Gasteiger partial charge in [0.15, 0.2) is 0 Å². The number of benzene rings is 2. The Labute approximate surface area is 191 Å². The molecule has 2 N–H and O–H groups in total. The second-order valence-electron chi connectivity index (χ2n) is 8.67. The van der Waals surface area contributed by atoms with Crippen LogP contribution >= 0.6 is 11.6 Å². The van der Waals surface area contributed by atoms with Gasteiger partial charge in [0.2, 0.25) is 0 Å². The molecule has 4 rings (SSSR count). The van der Waals surface area contributed by atoms with Gasteiger partial charge in [0.1, 0.15) is 0 Å². The average Bonchev–Trinajstić information content (AvgIpc) is 3.29. The Morgan fingerprint density at radius 3 is 2.13 bits per heavy atom. The summed E-state index contributed by atoms with van der Waals surface area (Å²) in [7, 11) is 0. The lowest BCUT2D eigenvalue weighted by molar-refractivity contribution is 0.194. The van der Waals surface area contributed by atoms with Gasteiger partial charge in [-0.15, -0.1) is 0 Å². The maximum Gasteiger partial charge on any atom is 0.404 e. The molecule has 5 heteroatoms.